The summed E-state index contributed by atoms with van der Waals surface area (Å²) >= 11 is 0. The number of anilines is 1. The summed E-state index contributed by atoms with van der Waals surface area (Å²) in [6.45, 7) is 2.80. The summed E-state index contributed by atoms with van der Waals surface area (Å²) in [6.07, 6.45) is -1.08. The first-order chi connectivity index (χ1) is 19.3. The summed E-state index contributed by atoms with van der Waals surface area (Å²) in [7, 11) is 0. The molecule has 2 heterocycles. The minimum absolute atomic E-state index is 0.0651. The topological polar surface area (TPSA) is 52.7 Å². The van der Waals surface area contributed by atoms with E-state index in [-0.39, 0.29) is 11.9 Å². The number of halogens is 3. The Balaban J connectivity index is 1.35. The van der Waals surface area contributed by atoms with Gasteiger partial charge in [0.1, 0.15) is 6.54 Å². The van der Waals surface area contributed by atoms with Gasteiger partial charge >= 0.3 is 6.18 Å². The van der Waals surface area contributed by atoms with Crippen molar-refractivity contribution in [3.63, 3.8) is 0 Å². The predicted octanol–water partition coefficient (Wildman–Crippen LogP) is 6.05. The molecule has 2 unspecified atom stereocenters. The molecule has 0 aromatic heterocycles. The van der Waals surface area contributed by atoms with E-state index in [4.69, 9.17) is 0 Å². The number of hydrogen-bond donors (Lipinski definition) is 1. The molecule has 1 saturated heterocycles. The van der Waals surface area contributed by atoms with Gasteiger partial charge < -0.3 is 15.1 Å². The number of hydrogen-bond acceptors (Lipinski definition) is 3. The maximum Gasteiger partial charge on any atom is 0.405 e. The van der Waals surface area contributed by atoms with Crippen LogP contribution >= 0.6 is 0 Å². The predicted molar refractivity (Wildman–Crippen MR) is 148 cm³/mol. The number of unbranched alkanes of at least 4 members (excludes halogenated alkanes) is 1. The smallest absolute Gasteiger partial charge is 0.369 e. The van der Waals surface area contributed by atoms with Crippen molar-refractivity contribution in [1.29, 1.82) is 0 Å². The zero-order valence-electron chi connectivity index (χ0n) is 22.4. The molecule has 3 aromatic carbocycles. The van der Waals surface area contributed by atoms with Crippen LogP contribution < -0.4 is 10.2 Å². The maximum atomic E-state index is 13.4. The highest BCUT2D eigenvalue weighted by Gasteiger charge is 2.40. The van der Waals surface area contributed by atoms with Crippen molar-refractivity contribution >= 4 is 17.5 Å². The monoisotopic (exact) mass is 547 g/mol. The summed E-state index contributed by atoms with van der Waals surface area (Å²) < 4.78 is 39.1. The molecule has 1 fully saturated rings. The number of rotatable bonds is 7. The Hall–Kier alpha value is -3.81. The van der Waals surface area contributed by atoms with E-state index in [0.717, 1.165) is 76.9 Å². The van der Waals surface area contributed by atoms with Gasteiger partial charge in [-0.25, -0.2) is 0 Å². The van der Waals surface area contributed by atoms with Gasteiger partial charge in [0.15, 0.2) is 0 Å². The molecule has 0 bridgehead atoms. The molecule has 0 spiro atoms. The van der Waals surface area contributed by atoms with Crippen molar-refractivity contribution in [2.24, 2.45) is 0 Å². The lowest BCUT2D eigenvalue weighted by Crippen LogP contribution is -2.38. The van der Waals surface area contributed by atoms with Gasteiger partial charge in [-0.1, -0.05) is 61.9 Å². The molecule has 0 radical (unpaired) electrons. The Morgan fingerprint density at radius 1 is 1.00 bits per heavy atom. The Morgan fingerprint density at radius 2 is 1.75 bits per heavy atom. The van der Waals surface area contributed by atoms with Crippen molar-refractivity contribution in [3.05, 3.63) is 88.5 Å². The lowest BCUT2D eigenvalue weighted by atomic mass is 9.88. The van der Waals surface area contributed by atoms with Gasteiger partial charge in [-0.3, -0.25) is 9.59 Å². The van der Waals surface area contributed by atoms with E-state index in [1.807, 2.05) is 59.5 Å². The number of nitrogens with one attached hydrogen (secondary N) is 1. The largest absolute Gasteiger partial charge is 0.405 e. The molecule has 208 valence electrons. The lowest BCUT2D eigenvalue weighted by Gasteiger charge is -2.28. The number of alkyl halides is 3. The fraction of sp³-hybridized carbons (Fsp3) is 0.375. The highest BCUT2D eigenvalue weighted by Crippen LogP contribution is 2.49. The van der Waals surface area contributed by atoms with Crippen LogP contribution in [0.1, 0.15) is 64.7 Å². The third kappa shape index (κ3) is 4.63. The van der Waals surface area contributed by atoms with Gasteiger partial charge in [-0.15, -0.1) is 0 Å². The van der Waals surface area contributed by atoms with E-state index >= 15 is 0 Å². The third-order valence-corrected chi connectivity index (χ3v) is 8.48. The van der Waals surface area contributed by atoms with Crippen LogP contribution in [0, 0.1) is 0 Å². The molecule has 1 N–H and O–H groups in total. The van der Waals surface area contributed by atoms with Crippen LogP contribution in [0.4, 0.5) is 18.9 Å². The van der Waals surface area contributed by atoms with E-state index in [1.165, 1.54) is 0 Å². The highest BCUT2D eigenvalue weighted by atomic mass is 19.4. The zero-order valence-corrected chi connectivity index (χ0v) is 22.4. The standard InChI is InChI=1S/C32H32F3N3O2/c1-2-3-9-26-27(37-16-15-21(18-37)38-17-20-8-4-5-10-22(20)31(38)40)14-13-25-23-11-6-7-12-24(23)29(28(25)26)30(39)36-19-32(33,34)35/h4-8,10-14,21,29H,2-3,9,15-19H2,1H3,(H,36,39). The summed E-state index contributed by atoms with van der Waals surface area (Å²) in [4.78, 5) is 30.8. The molecule has 0 saturated carbocycles. The second kappa shape index (κ2) is 10.3. The van der Waals surface area contributed by atoms with E-state index in [2.05, 4.69) is 23.2 Å². The zero-order chi connectivity index (χ0) is 28.0. The molecule has 40 heavy (non-hydrogen) atoms. The Kier molecular flexibility index (Phi) is 6.80. The number of benzene rings is 3. The minimum atomic E-state index is -4.49. The van der Waals surface area contributed by atoms with E-state index in [1.54, 1.807) is 0 Å². The Labute approximate surface area is 232 Å². The van der Waals surface area contributed by atoms with E-state index in [0.29, 0.717) is 13.1 Å². The van der Waals surface area contributed by atoms with Crippen LogP contribution in [0.15, 0.2) is 60.7 Å². The van der Waals surface area contributed by atoms with Crippen molar-refractivity contribution in [3.8, 4) is 11.1 Å². The fourth-order valence-corrected chi connectivity index (χ4v) is 6.63. The molecule has 5 nitrogen and oxygen atoms in total. The molecule has 2 aliphatic heterocycles. The summed E-state index contributed by atoms with van der Waals surface area (Å²) in [5.74, 6) is -1.36. The van der Waals surface area contributed by atoms with Crippen LogP contribution in [0.3, 0.4) is 0 Å². The van der Waals surface area contributed by atoms with Gasteiger partial charge in [-0.05, 0) is 64.8 Å². The van der Waals surface area contributed by atoms with Crippen LogP contribution in [-0.2, 0) is 17.8 Å². The number of carbonyl (C=O) groups excluding carboxylic acids is 2. The number of amides is 2. The lowest BCUT2D eigenvalue weighted by molar-refractivity contribution is -0.138. The Bertz CT molecular complexity index is 1470. The first-order valence-corrected chi connectivity index (χ1v) is 14.0. The minimum Gasteiger partial charge on any atom is -0.369 e. The average Bonchev–Trinajstić information content (AvgIpc) is 3.64. The van der Waals surface area contributed by atoms with Gasteiger partial charge in [0, 0.05) is 30.9 Å². The van der Waals surface area contributed by atoms with Crippen LogP contribution in [-0.4, -0.2) is 48.6 Å². The summed E-state index contributed by atoms with van der Waals surface area (Å²) in [5, 5.41) is 2.15. The van der Waals surface area contributed by atoms with Crippen LogP contribution in [0.25, 0.3) is 11.1 Å². The molecular weight excluding hydrogens is 515 g/mol. The van der Waals surface area contributed by atoms with Crippen LogP contribution in [0.5, 0.6) is 0 Å². The molecule has 3 aromatic rings. The second-order valence-corrected chi connectivity index (χ2v) is 11.0. The normalized spacial score (nSPS) is 19.6. The van der Waals surface area contributed by atoms with Gasteiger partial charge in [0.05, 0.1) is 12.0 Å². The second-order valence-electron chi connectivity index (χ2n) is 11.0. The number of fused-ring (bicyclic) bond motifs is 4. The third-order valence-electron chi connectivity index (χ3n) is 8.48. The summed E-state index contributed by atoms with van der Waals surface area (Å²) in [5.41, 5.74) is 7.24. The van der Waals surface area contributed by atoms with Gasteiger partial charge in [0.25, 0.3) is 5.91 Å². The molecule has 8 heteroatoms. The van der Waals surface area contributed by atoms with Crippen molar-refractivity contribution in [1.82, 2.24) is 10.2 Å². The average molecular weight is 548 g/mol. The number of nitrogens with zero attached hydrogens (tertiary/aromatic N) is 2. The molecule has 2 atom stereocenters. The molecule has 6 rings (SSSR count). The van der Waals surface area contributed by atoms with Crippen molar-refractivity contribution < 1.29 is 22.8 Å². The molecule has 3 aliphatic rings. The first kappa shape index (κ1) is 26.4. The first-order valence-electron chi connectivity index (χ1n) is 14.0. The molecular formula is C32H32F3N3O2. The van der Waals surface area contributed by atoms with Crippen molar-refractivity contribution in [2.75, 3.05) is 24.5 Å². The molecule has 2 amide bonds. The quantitative estimate of drug-likeness (QED) is 0.392. The fourth-order valence-electron chi connectivity index (χ4n) is 6.63. The highest BCUT2D eigenvalue weighted by molar-refractivity contribution is 5.99. The summed E-state index contributed by atoms with van der Waals surface area (Å²) in [6, 6.07) is 19.4. The Morgan fingerprint density at radius 3 is 2.50 bits per heavy atom. The van der Waals surface area contributed by atoms with Gasteiger partial charge in [-0.2, -0.15) is 13.2 Å². The van der Waals surface area contributed by atoms with Crippen molar-refractivity contribution in [2.45, 2.75) is 57.3 Å². The van der Waals surface area contributed by atoms with Gasteiger partial charge in [0.2, 0.25) is 5.91 Å². The van der Waals surface area contributed by atoms with E-state index in [9.17, 15) is 22.8 Å². The number of carbonyl (C=O) groups is 2. The van der Waals surface area contributed by atoms with E-state index < -0.39 is 24.5 Å². The SMILES string of the molecule is CCCCc1c(N2CCC(N3Cc4ccccc4C3=O)C2)ccc2c1C(C(=O)NCC(F)(F)F)c1ccccc1-2. The van der Waals surface area contributed by atoms with Crippen LogP contribution in [0.2, 0.25) is 0 Å². The maximum absolute atomic E-state index is 13.4. The molecule has 1 aliphatic carbocycles.